The van der Waals surface area contributed by atoms with Gasteiger partial charge in [-0.05, 0) is 111 Å². The van der Waals surface area contributed by atoms with E-state index in [1.807, 2.05) is 0 Å². The van der Waals surface area contributed by atoms with Crippen LogP contribution in [0.1, 0.15) is 15.9 Å². The van der Waals surface area contributed by atoms with E-state index in [4.69, 9.17) is 5.21 Å². The molecule has 77 heavy (non-hydrogen) atoms. The second kappa shape index (κ2) is 27.0. The van der Waals surface area contributed by atoms with Gasteiger partial charge < -0.3 is 24.6 Å². The SMILES string of the molecule is O=C1C=C([O-])C(=NN=C2C=CC(=Nc3ccc(N([O-])O)cc3S(=O)(=O)[O-])C=C2)C=C1N=Nc1cc([S+](=O)(O)O)cc2c1C(=O)C(=NN=C1C=CC(=Nc3ccc(N(O)O)cc3S(=O)(=O)[O-])C=C1)C([S+](=O)(O)O)=C2.[Na+].[Na+].[Na+].[Na+]. The molecule has 7 N–H and O–H groups in total. The molecule has 0 bridgehead atoms. The van der Waals surface area contributed by atoms with Crippen LogP contribution in [0.5, 0.6) is 0 Å². The van der Waals surface area contributed by atoms with Crippen LogP contribution in [0.25, 0.3) is 6.08 Å². The van der Waals surface area contributed by atoms with E-state index in [0.717, 1.165) is 36.4 Å². The van der Waals surface area contributed by atoms with Crippen molar-refractivity contribution in [3.63, 3.8) is 0 Å². The Morgan fingerprint density at radius 1 is 0.558 bits per heavy atom. The number of allylic oxidation sites excluding steroid dienone is 11. The van der Waals surface area contributed by atoms with E-state index in [0.29, 0.717) is 30.4 Å². The van der Waals surface area contributed by atoms with Crippen molar-refractivity contribution in [2.75, 3.05) is 10.5 Å². The van der Waals surface area contributed by atoms with Gasteiger partial charge in [-0.3, -0.25) is 25.2 Å². The molecule has 0 unspecified atom stereocenters. The molecule has 0 saturated carbocycles. The summed E-state index contributed by atoms with van der Waals surface area (Å²) in [5.41, 5.74) is -5.72. The van der Waals surface area contributed by atoms with E-state index in [1.54, 1.807) is 0 Å². The molecule has 0 fully saturated rings. The smallest absolute Gasteiger partial charge is 0.871 e. The maximum Gasteiger partial charge on any atom is 1.00 e. The zero-order chi connectivity index (χ0) is 53.4. The molecule has 7 rings (SSSR count). The van der Waals surface area contributed by atoms with Crippen molar-refractivity contribution in [2.45, 2.75) is 14.7 Å². The summed E-state index contributed by atoms with van der Waals surface area (Å²) in [7, 11) is -20.4. The van der Waals surface area contributed by atoms with Crippen molar-refractivity contribution in [1.29, 1.82) is 0 Å². The Labute approximate surface area is 524 Å². The monoisotopic (exact) mass is 1170 g/mol. The van der Waals surface area contributed by atoms with Gasteiger partial charge in [0.2, 0.25) is 16.5 Å². The predicted octanol–water partition coefficient (Wildman–Crippen LogP) is -8.24. The molecule has 4 aliphatic carbocycles. The van der Waals surface area contributed by atoms with Crippen molar-refractivity contribution in [3.8, 4) is 0 Å². The quantitative estimate of drug-likeness (QED) is 0.0221. The van der Waals surface area contributed by atoms with Gasteiger partial charge in [-0.25, -0.2) is 26.8 Å². The largest absolute Gasteiger partial charge is 1.00 e. The minimum Gasteiger partial charge on any atom is -0.871 e. The van der Waals surface area contributed by atoms with E-state index in [9.17, 15) is 82.9 Å². The third-order valence-electron chi connectivity index (χ3n) is 9.60. The Hall–Kier alpha value is -4.00. The number of azo groups is 1. The number of nitrogens with zero attached hydrogens (tertiary/aromatic N) is 10. The fourth-order valence-electron chi connectivity index (χ4n) is 6.27. The Bertz CT molecular complexity index is 3720. The first-order valence-electron chi connectivity index (χ1n) is 19.3. The number of hydrogen-bond acceptors (Lipinski definition) is 25. The molecule has 376 valence electrons. The van der Waals surface area contributed by atoms with E-state index in [1.165, 1.54) is 48.6 Å². The average Bonchev–Trinajstić information content (AvgIpc) is 3.30. The first kappa shape index (κ1) is 67.3. The van der Waals surface area contributed by atoms with Crippen LogP contribution in [0.15, 0.2) is 181 Å². The molecule has 0 saturated heterocycles. The molecule has 0 heterocycles. The summed E-state index contributed by atoms with van der Waals surface area (Å²) in [5, 5.41) is 73.4. The normalized spacial score (nSPS) is 16.4. The van der Waals surface area contributed by atoms with Crippen LogP contribution in [0, 0.1) is 5.21 Å². The number of carbonyl (C=O) groups is 2. The summed E-state index contributed by atoms with van der Waals surface area (Å²) < 4.78 is 137. The van der Waals surface area contributed by atoms with Crippen molar-refractivity contribution in [1.82, 2.24) is 0 Å². The molecule has 0 atom stereocenters. The van der Waals surface area contributed by atoms with Gasteiger partial charge >= 0.3 is 139 Å². The average molecular weight is 1170 g/mol. The van der Waals surface area contributed by atoms with Crippen LogP contribution < -0.4 is 134 Å². The van der Waals surface area contributed by atoms with E-state index < -0.39 is 140 Å². The number of benzene rings is 3. The predicted molar refractivity (Wildman–Crippen MR) is 252 cm³/mol. The fraction of sp³-hybridized carbons (Fsp3) is 0. The van der Waals surface area contributed by atoms with Gasteiger partial charge in [0.25, 0.3) is 4.91 Å². The topological polar surface area (TPSA) is 476 Å². The van der Waals surface area contributed by atoms with Crippen molar-refractivity contribution in [3.05, 3.63) is 142 Å². The van der Waals surface area contributed by atoms with Crippen molar-refractivity contribution >= 4 is 122 Å². The van der Waals surface area contributed by atoms with Crippen molar-refractivity contribution < 1.29 is 201 Å². The van der Waals surface area contributed by atoms with Gasteiger partial charge in [0.05, 0.1) is 66.7 Å². The Kier molecular flexibility index (Phi) is 23.6. The molecule has 3 aromatic carbocycles. The number of carbonyl (C=O) groups excluding carboxylic acids is 2. The fourth-order valence-corrected chi connectivity index (χ4v) is 8.76. The minimum atomic E-state index is -5.19. The molecule has 37 heteroatoms. The van der Waals surface area contributed by atoms with Gasteiger partial charge in [0.15, 0.2) is 5.71 Å². The van der Waals surface area contributed by atoms with Gasteiger partial charge in [0, 0.05) is 18.2 Å². The number of hydrogen-bond donors (Lipinski definition) is 7. The number of aliphatic imine (C=N–C) groups is 2. The molecule has 4 aliphatic rings. The van der Waals surface area contributed by atoms with Gasteiger partial charge in [0.1, 0.15) is 31.6 Å². The third-order valence-corrected chi connectivity index (χ3v) is 13.1. The van der Waals surface area contributed by atoms with Crippen LogP contribution in [0.4, 0.5) is 28.4 Å². The molecule has 29 nitrogen and oxygen atoms in total. The second-order valence-electron chi connectivity index (χ2n) is 14.5. The Morgan fingerprint density at radius 3 is 1.51 bits per heavy atom. The van der Waals surface area contributed by atoms with Gasteiger partial charge in [-0.15, -0.1) is 20.6 Å². The minimum absolute atomic E-state index is 0. The summed E-state index contributed by atoms with van der Waals surface area (Å²) in [6, 6.07) is 6.71. The molecular formula is C40H26N10Na4O19S4+2. The Balaban J connectivity index is 0.00000390. The maximum absolute atomic E-state index is 14.1. The molecule has 0 aromatic heterocycles. The molecule has 0 amide bonds. The summed E-state index contributed by atoms with van der Waals surface area (Å²) in [4.78, 5) is 31.4. The number of ketones is 2. The van der Waals surface area contributed by atoms with E-state index in [2.05, 4.69) is 40.6 Å². The van der Waals surface area contributed by atoms with Crippen LogP contribution >= 0.6 is 0 Å². The van der Waals surface area contributed by atoms with Crippen LogP contribution in [-0.2, 0) is 54.4 Å². The standard InChI is InChI=1S/C40H28N10O19S4.4Na/c51-33-19-34(52)31(18-30(33)45-43-23-5-1-21(2-6-23)41-28-11-9-25(49(54)55)15-35(28)71(61,62)63)46-47-32-17-27(70(58,59)60)13-20-14-37(73(67,68)69)39(40(53)38(20)32)48-44-24-7-3-22(4-8-24)42-29-12-10-26(50(56)57)16-36(29)72(64,65)66;;;;/h1-19,54,56-57H,(H6-,51,52,58,59,60,61,62,63,64,65,66,67,68,69);;;;/q;4*+1/p-2. The van der Waals surface area contributed by atoms with Crippen LogP contribution in [0.2, 0.25) is 0 Å². The molecule has 0 aliphatic heterocycles. The number of fused-ring (bicyclic) bond motifs is 1. The zero-order valence-electron chi connectivity index (χ0n) is 39.6. The number of anilines is 2. The summed E-state index contributed by atoms with van der Waals surface area (Å²) in [6.07, 6.45) is 12.0. The first-order valence-corrected chi connectivity index (χ1v) is 25.1. The molecule has 3 aromatic rings. The summed E-state index contributed by atoms with van der Waals surface area (Å²) in [5.74, 6) is -3.35. The van der Waals surface area contributed by atoms with Crippen molar-refractivity contribution in [2.24, 2.45) is 40.6 Å². The van der Waals surface area contributed by atoms with Gasteiger partial charge in [-0.2, -0.15) is 33.5 Å². The third kappa shape index (κ3) is 16.8. The molecule has 0 radical (unpaired) electrons. The Morgan fingerprint density at radius 2 is 1.04 bits per heavy atom. The van der Waals surface area contributed by atoms with Gasteiger partial charge in [-0.1, -0.05) is 5.76 Å². The van der Waals surface area contributed by atoms with E-state index in [-0.39, 0.29) is 147 Å². The van der Waals surface area contributed by atoms with Crippen LogP contribution in [0.3, 0.4) is 0 Å². The van der Waals surface area contributed by atoms with Crippen LogP contribution in [-0.4, -0.2) is 106 Å². The zero-order valence-corrected chi connectivity index (χ0v) is 50.9. The summed E-state index contributed by atoms with van der Waals surface area (Å²) in [6.45, 7) is 0. The summed E-state index contributed by atoms with van der Waals surface area (Å²) >= 11 is 0. The molecular weight excluding hydrogens is 1140 g/mol. The second-order valence-corrected chi connectivity index (χ2v) is 20.1. The number of Topliss-reactive ketones (excluding diaryl/α,β-unsaturated/α-hetero) is 1. The number of rotatable bonds is 12. The molecule has 0 spiro atoms. The van der Waals surface area contributed by atoms with E-state index >= 15 is 0 Å². The maximum atomic E-state index is 14.1. The first-order chi connectivity index (χ1) is 34.1.